The maximum absolute atomic E-state index is 6.48. The van der Waals surface area contributed by atoms with Crippen molar-refractivity contribution in [1.29, 1.82) is 0 Å². The molecule has 4 heteroatoms. The van der Waals surface area contributed by atoms with Gasteiger partial charge in [0.25, 0.3) is 0 Å². The van der Waals surface area contributed by atoms with Gasteiger partial charge >= 0.3 is 0 Å². The Hall–Kier alpha value is -8.21. The lowest BCUT2D eigenvalue weighted by Crippen LogP contribution is -2.00. The Bertz CT molecular complexity index is 3390. The van der Waals surface area contributed by atoms with Crippen molar-refractivity contribution in [3.63, 3.8) is 0 Å². The molecule has 284 valence electrons. The van der Waals surface area contributed by atoms with Crippen LogP contribution in [-0.2, 0) is 0 Å². The summed E-state index contributed by atoms with van der Waals surface area (Å²) in [6.07, 6.45) is 6.03. The Morgan fingerprint density at radius 2 is 0.738 bits per heavy atom. The zero-order valence-electron chi connectivity index (χ0n) is 33.0. The van der Waals surface area contributed by atoms with Gasteiger partial charge in [-0.25, -0.2) is 0 Å². The van der Waals surface area contributed by atoms with Crippen LogP contribution in [0.15, 0.2) is 213 Å². The van der Waals surface area contributed by atoms with E-state index in [1.54, 1.807) is 0 Å². The van der Waals surface area contributed by atoms with Crippen molar-refractivity contribution in [2.24, 2.45) is 0 Å². The molecule has 61 heavy (non-hydrogen) atoms. The van der Waals surface area contributed by atoms with Gasteiger partial charge in [-0.2, -0.15) is 0 Å². The van der Waals surface area contributed by atoms with E-state index in [1.807, 2.05) is 55.0 Å². The van der Waals surface area contributed by atoms with Crippen molar-refractivity contribution in [1.82, 2.24) is 15.0 Å². The summed E-state index contributed by atoms with van der Waals surface area (Å²) in [5, 5.41) is 4.35. The van der Waals surface area contributed by atoms with E-state index < -0.39 is 0 Å². The van der Waals surface area contributed by atoms with Crippen LogP contribution in [0.25, 0.3) is 111 Å². The first kappa shape index (κ1) is 34.8. The second kappa shape index (κ2) is 14.3. The van der Waals surface area contributed by atoms with Crippen LogP contribution in [0.3, 0.4) is 0 Å². The first-order valence-corrected chi connectivity index (χ1v) is 20.6. The Kier molecular flexibility index (Phi) is 8.13. The van der Waals surface area contributed by atoms with E-state index in [0.29, 0.717) is 0 Å². The van der Waals surface area contributed by atoms with E-state index in [0.717, 1.165) is 122 Å². The van der Waals surface area contributed by atoms with Gasteiger partial charge in [-0.3, -0.25) is 15.0 Å². The van der Waals surface area contributed by atoms with E-state index in [2.05, 4.69) is 158 Å². The summed E-state index contributed by atoms with van der Waals surface area (Å²) < 4.78 is 6.48. The quantitative estimate of drug-likeness (QED) is 0.169. The minimum atomic E-state index is 0.821. The van der Waals surface area contributed by atoms with Crippen molar-refractivity contribution < 1.29 is 4.74 Å². The molecule has 8 aromatic carbocycles. The number of fused-ring (bicyclic) bond motifs is 4. The molecule has 0 saturated carbocycles. The summed E-state index contributed by atoms with van der Waals surface area (Å²) in [4.78, 5) is 14.9. The summed E-state index contributed by atoms with van der Waals surface area (Å²) >= 11 is 0. The summed E-state index contributed by atoms with van der Waals surface area (Å²) in [6.45, 7) is 0. The fraction of sp³-hybridized carbons (Fsp3) is 0. The summed E-state index contributed by atoms with van der Waals surface area (Å²) in [5.74, 6) is 1.65. The molecule has 0 bridgehead atoms. The lowest BCUT2D eigenvalue weighted by molar-refractivity contribution is 0.486. The average molecular weight is 778 g/mol. The van der Waals surface area contributed by atoms with Crippen LogP contribution in [0.4, 0.5) is 0 Å². The Morgan fingerprint density at radius 3 is 1.31 bits per heavy atom. The standard InChI is InChI=1S/C57H35N3O/c1-10-24-52-36(14-1)28-41(33-58-52)46-19-5-3-16-43(46)38-30-39(44-17-4-6-20-47(44)42-29-37-15-2-11-25-53(37)59-34-42)32-40(31-38)45-18-7-8-21-48(45)51-35-60-57-50-22-9-12-26-54(50)61-55-27-13-23-49(51)56(55)57/h1-35H. The van der Waals surface area contributed by atoms with E-state index in [4.69, 9.17) is 19.7 Å². The lowest BCUT2D eigenvalue weighted by atomic mass is 9.86. The van der Waals surface area contributed by atoms with Crippen LogP contribution in [0.2, 0.25) is 0 Å². The monoisotopic (exact) mass is 777 g/mol. The minimum Gasteiger partial charge on any atom is -0.456 e. The van der Waals surface area contributed by atoms with Gasteiger partial charge in [-0.15, -0.1) is 0 Å². The summed E-state index contributed by atoms with van der Waals surface area (Å²) in [6, 6.07) is 68.6. The number of pyridine rings is 3. The van der Waals surface area contributed by atoms with Gasteiger partial charge < -0.3 is 4.74 Å². The third-order valence-electron chi connectivity index (χ3n) is 12.0. The number of ether oxygens (including phenoxy) is 1. The second-order valence-electron chi connectivity index (χ2n) is 15.6. The third-order valence-corrected chi connectivity index (χ3v) is 12.0. The van der Waals surface area contributed by atoms with Crippen LogP contribution in [-0.4, -0.2) is 15.0 Å². The first-order chi connectivity index (χ1) is 30.2. The molecule has 0 amide bonds. The SMILES string of the molecule is c1ccc2c(c1)Oc1cccc3c(-c4ccccc4-c4cc(-c5ccccc5-c5cnc6ccccc6c5)cc(-c5ccccc5-c5cnc6ccccc6c5)c4)cnc-2c13. The van der Waals surface area contributed by atoms with E-state index in [9.17, 15) is 0 Å². The molecule has 0 aliphatic carbocycles. The van der Waals surface area contributed by atoms with E-state index in [1.165, 1.54) is 0 Å². The molecule has 0 N–H and O–H groups in total. The molecule has 1 aliphatic rings. The van der Waals surface area contributed by atoms with Crippen LogP contribution in [0.5, 0.6) is 11.5 Å². The highest BCUT2D eigenvalue weighted by Crippen LogP contribution is 2.49. The zero-order valence-corrected chi connectivity index (χ0v) is 33.0. The number of rotatable bonds is 6. The van der Waals surface area contributed by atoms with E-state index >= 15 is 0 Å². The topological polar surface area (TPSA) is 47.9 Å². The maximum Gasteiger partial charge on any atom is 0.137 e. The van der Waals surface area contributed by atoms with Gasteiger partial charge in [0, 0.05) is 51.6 Å². The van der Waals surface area contributed by atoms with Gasteiger partial charge in [-0.1, -0.05) is 133 Å². The molecule has 0 fully saturated rings. The fourth-order valence-electron chi connectivity index (χ4n) is 9.11. The smallest absolute Gasteiger partial charge is 0.137 e. The second-order valence-corrected chi connectivity index (χ2v) is 15.6. The predicted molar refractivity (Wildman–Crippen MR) is 250 cm³/mol. The molecule has 3 aromatic heterocycles. The molecule has 0 saturated heterocycles. The Morgan fingerprint density at radius 1 is 0.295 bits per heavy atom. The highest BCUT2D eigenvalue weighted by atomic mass is 16.5. The molecular formula is C57H35N3O. The Labute approximate surface area is 353 Å². The van der Waals surface area contributed by atoms with Crippen molar-refractivity contribution in [2.75, 3.05) is 0 Å². The molecule has 1 aliphatic heterocycles. The van der Waals surface area contributed by atoms with Crippen molar-refractivity contribution >= 4 is 32.6 Å². The van der Waals surface area contributed by atoms with Crippen molar-refractivity contribution in [2.45, 2.75) is 0 Å². The molecule has 11 aromatic rings. The summed E-state index contributed by atoms with van der Waals surface area (Å²) in [7, 11) is 0. The molecule has 0 unspecified atom stereocenters. The van der Waals surface area contributed by atoms with Gasteiger partial charge in [-0.05, 0) is 116 Å². The molecular weight excluding hydrogens is 743 g/mol. The van der Waals surface area contributed by atoms with Gasteiger partial charge in [0.15, 0.2) is 0 Å². The van der Waals surface area contributed by atoms with Gasteiger partial charge in [0.2, 0.25) is 0 Å². The number of benzene rings is 8. The van der Waals surface area contributed by atoms with Crippen molar-refractivity contribution in [3.05, 3.63) is 213 Å². The minimum absolute atomic E-state index is 0.821. The largest absolute Gasteiger partial charge is 0.456 e. The van der Waals surface area contributed by atoms with Crippen molar-refractivity contribution in [3.8, 4) is 89.5 Å². The van der Waals surface area contributed by atoms with Gasteiger partial charge in [0.1, 0.15) is 11.5 Å². The third kappa shape index (κ3) is 5.96. The normalized spacial score (nSPS) is 11.7. The number of hydrogen-bond donors (Lipinski definition) is 0. The molecule has 0 radical (unpaired) electrons. The van der Waals surface area contributed by atoms with Crippen LogP contribution < -0.4 is 4.74 Å². The van der Waals surface area contributed by atoms with Crippen LogP contribution in [0, 0.1) is 0 Å². The molecule has 12 rings (SSSR count). The zero-order chi connectivity index (χ0) is 40.3. The number of aromatic nitrogens is 3. The highest BCUT2D eigenvalue weighted by Gasteiger charge is 2.24. The number of hydrogen-bond acceptors (Lipinski definition) is 4. The lowest BCUT2D eigenvalue weighted by Gasteiger charge is -2.22. The highest BCUT2D eigenvalue weighted by molar-refractivity contribution is 6.10. The summed E-state index contributed by atoms with van der Waals surface area (Å²) in [5.41, 5.74) is 17.1. The first-order valence-electron chi connectivity index (χ1n) is 20.6. The molecule has 4 heterocycles. The van der Waals surface area contributed by atoms with Crippen LogP contribution in [0.1, 0.15) is 0 Å². The Balaban J connectivity index is 1.09. The number of para-hydroxylation sites is 3. The van der Waals surface area contributed by atoms with Gasteiger partial charge in [0.05, 0.1) is 22.1 Å². The molecule has 4 nitrogen and oxygen atoms in total. The van der Waals surface area contributed by atoms with Crippen LogP contribution >= 0.6 is 0 Å². The molecule has 0 atom stereocenters. The van der Waals surface area contributed by atoms with E-state index in [-0.39, 0.29) is 0 Å². The number of nitrogens with zero attached hydrogens (tertiary/aromatic N) is 3. The fourth-order valence-corrected chi connectivity index (χ4v) is 9.11. The predicted octanol–water partition coefficient (Wildman–Crippen LogP) is 15.1. The average Bonchev–Trinajstić information content (AvgIpc) is 3.33. The maximum atomic E-state index is 6.48. The molecule has 0 spiro atoms.